The number of thiocarbonyl (C=S) groups is 2. The van der Waals surface area contributed by atoms with Crippen LogP contribution >= 0.6 is 47.1 Å². The molecule has 2 aromatic carbocycles. The molecule has 4 rings (SSSR count). The molecule has 0 saturated carbocycles. The third kappa shape index (κ3) is 7.76. The minimum absolute atomic E-state index is 0.195. The summed E-state index contributed by atoms with van der Waals surface area (Å²) in [4.78, 5) is 10.1. The Balaban J connectivity index is 1.05. The van der Waals surface area contributed by atoms with Crippen LogP contribution in [-0.2, 0) is 9.47 Å². The maximum absolute atomic E-state index is 9.99. The lowest BCUT2D eigenvalue weighted by Gasteiger charge is -2.09. The number of aromatic hydroxyl groups is 2. The molecule has 8 nitrogen and oxygen atoms in total. The van der Waals surface area contributed by atoms with Crippen LogP contribution in [0.15, 0.2) is 59.3 Å². The van der Waals surface area contributed by atoms with Crippen molar-refractivity contribution in [1.29, 1.82) is 0 Å². The second-order valence-electron chi connectivity index (χ2n) is 7.85. The average Bonchev–Trinajstić information content (AvgIpc) is 3.61. The molecule has 2 aromatic heterocycles. The molecule has 0 aliphatic rings. The van der Waals surface area contributed by atoms with Gasteiger partial charge in [-0.2, -0.15) is 0 Å². The van der Waals surface area contributed by atoms with Crippen molar-refractivity contribution in [3.05, 3.63) is 70.7 Å². The third-order valence-electron chi connectivity index (χ3n) is 5.18. The van der Waals surface area contributed by atoms with E-state index in [0.717, 1.165) is 10.0 Å². The number of para-hydroxylation sites is 2. The fourth-order valence-electron chi connectivity index (χ4n) is 3.29. The molecule has 0 bridgehead atoms. The Labute approximate surface area is 239 Å². The third-order valence-corrected chi connectivity index (χ3v) is 7.64. The number of hydrogen-bond acceptors (Lipinski definition) is 10. The SMILES string of the molecule is Oc1ccccc1-c1nc(C(=S)NCCOCCOCCNC(=S)c2csc(-c3ccccc3O)n2)cs1. The van der Waals surface area contributed by atoms with Crippen molar-refractivity contribution < 1.29 is 19.7 Å². The van der Waals surface area contributed by atoms with E-state index in [4.69, 9.17) is 33.9 Å². The van der Waals surface area contributed by atoms with Gasteiger partial charge in [0.25, 0.3) is 0 Å². The largest absolute Gasteiger partial charge is 0.507 e. The summed E-state index contributed by atoms with van der Waals surface area (Å²) in [5.74, 6) is 0.389. The highest BCUT2D eigenvalue weighted by Gasteiger charge is 2.12. The van der Waals surface area contributed by atoms with Crippen molar-refractivity contribution in [1.82, 2.24) is 20.6 Å². The molecule has 198 valence electrons. The van der Waals surface area contributed by atoms with Crippen LogP contribution in [-0.4, -0.2) is 69.7 Å². The maximum atomic E-state index is 9.99. The molecular weight excluding hydrogens is 561 g/mol. The summed E-state index contributed by atoms with van der Waals surface area (Å²) < 4.78 is 11.2. The first-order valence-corrected chi connectivity index (χ1v) is 14.3. The van der Waals surface area contributed by atoms with Gasteiger partial charge < -0.3 is 30.3 Å². The number of nitrogens with one attached hydrogen (secondary N) is 2. The van der Waals surface area contributed by atoms with E-state index in [1.807, 2.05) is 35.0 Å². The number of benzene rings is 2. The van der Waals surface area contributed by atoms with Gasteiger partial charge in [-0.3, -0.25) is 0 Å². The normalized spacial score (nSPS) is 10.8. The summed E-state index contributed by atoms with van der Waals surface area (Å²) in [6, 6.07) is 14.2. The van der Waals surface area contributed by atoms with Crippen LogP contribution in [0.2, 0.25) is 0 Å². The summed E-state index contributed by atoms with van der Waals surface area (Å²) in [6.45, 7) is 2.98. The Kier molecular flexibility index (Phi) is 10.5. The van der Waals surface area contributed by atoms with Gasteiger partial charge in [-0.1, -0.05) is 48.7 Å². The Bertz CT molecular complexity index is 1270. The predicted molar refractivity (Wildman–Crippen MR) is 159 cm³/mol. The summed E-state index contributed by atoms with van der Waals surface area (Å²) >= 11 is 13.7. The summed E-state index contributed by atoms with van der Waals surface area (Å²) in [6.07, 6.45) is 0. The van der Waals surface area contributed by atoms with Gasteiger partial charge in [0, 0.05) is 23.8 Å². The van der Waals surface area contributed by atoms with Crippen molar-refractivity contribution in [2.45, 2.75) is 0 Å². The second kappa shape index (κ2) is 14.2. The molecule has 0 spiro atoms. The van der Waals surface area contributed by atoms with Crippen molar-refractivity contribution >= 4 is 57.1 Å². The molecule has 2 heterocycles. The van der Waals surface area contributed by atoms with Crippen LogP contribution < -0.4 is 10.6 Å². The Hall–Kier alpha value is -3.00. The van der Waals surface area contributed by atoms with Gasteiger partial charge in [-0.15, -0.1) is 22.7 Å². The molecule has 12 heteroatoms. The van der Waals surface area contributed by atoms with Gasteiger partial charge in [0.2, 0.25) is 0 Å². The van der Waals surface area contributed by atoms with E-state index in [1.165, 1.54) is 22.7 Å². The Morgan fingerprint density at radius 1 is 0.684 bits per heavy atom. The molecule has 0 amide bonds. The van der Waals surface area contributed by atoms with Crippen LogP contribution in [0.3, 0.4) is 0 Å². The van der Waals surface area contributed by atoms with Crippen LogP contribution in [0.1, 0.15) is 11.4 Å². The lowest BCUT2D eigenvalue weighted by atomic mass is 10.2. The molecule has 0 aliphatic carbocycles. The molecule has 0 fully saturated rings. The number of ether oxygens (including phenoxy) is 2. The van der Waals surface area contributed by atoms with Crippen LogP contribution in [0.25, 0.3) is 21.1 Å². The van der Waals surface area contributed by atoms with E-state index in [9.17, 15) is 10.2 Å². The van der Waals surface area contributed by atoms with Crippen molar-refractivity contribution in [3.63, 3.8) is 0 Å². The highest BCUT2D eigenvalue weighted by molar-refractivity contribution is 7.81. The minimum Gasteiger partial charge on any atom is -0.507 e. The molecule has 0 unspecified atom stereocenters. The van der Waals surface area contributed by atoms with Gasteiger partial charge in [0.05, 0.1) is 37.6 Å². The average molecular weight is 587 g/mol. The Morgan fingerprint density at radius 3 is 1.53 bits per heavy atom. The lowest BCUT2D eigenvalue weighted by Crippen LogP contribution is -2.28. The number of nitrogens with zero attached hydrogens (tertiary/aromatic N) is 2. The summed E-state index contributed by atoms with van der Waals surface area (Å²) in [5, 5.41) is 31.4. The highest BCUT2D eigenvalue weighted by atomic mass is 32.1. The number of aromatic nitrogens is 2. The zero-order chi connectivity index (χ0) is 26.7. The lowest BCUT2D eigenvalue weighted by molar-refractivity contribution is 0.0520. The van der Waals surface area contributed by atoms with Crippen molar-refractivity contribution in [2.75, 3.05) is 39.5 Å². The number of phenols is 2. The van der Waals surface area contributed by atoms with Crippen molar-refractivity contribution in [3.8, 4) is 32.6 Å². The van der Waals surface area contributed by atoms with Crippen LogP contribution in [0.4, 0.5) is 0 Å². The van der Waals surface area contributed by atoms with Crippen LogP contribution in [0.5, 0.6) is 11.5 Å². The van der Waals surface area contributed by atoms with E-state index in [0.29, 0.717) is 72.0 Å². The number of hydrogen-bond donors (Lipinski definition) is 4. The quantitative estimate of drug-likeness (QED) is 0.131. The number of phenolic OH excluding ortho intramolecular Hbond substituents is 2. The van der Waals surface area contributed by atoms with E-state index in [-0.39, 0.29) is 11.5 Å². The van der Waals surface area contributed by atoms with E-state index >= 15 is 0 Å². The number of rotatable bonds is 13. The first-order valence-electron chi connectivity index (χ1n) is 11.7. The van der Waals surface area contributed by atoms with Gasteiger partial charge in [-0.25, -0.2) is 9.97 Å². The minimum atomic E-state index is 0.195. The van der Waals surface area contributed by atoms with Gasteiger partial charge in [-0.05, 0) is 24.3 Å². The predicted octanol–water partition coefficient (Wildman–Crippen LogP) is 4.61. The number of thiazole rings is 2. The first kappa shape index (κ1) is 28.0. The monoisotopic (exact) mass is 586 g/mol. The smallest absolute Gasteiger partial charge is 0.127 e. The van der Waals surface area contributed by atoms with Crippen molar-refractivity contribution in [2.24, 2.45) is 0 Å². The first-order chi connectivity index (χ1) is 18.5. The maximum Gasteiger partial charge on any atom is 0.127 e. The highest BCUT2D eigenvalue weighted by Crippen LogP contribution is 2.32. The fourth-order valence-corrected chi connectivity index (χ4v) is 5.54. The molecular formula is C26H26N4O4S4. The molecule has 38 heavy (non-hydrogen) atoms. The molecule has 0 aliphatic heterocycles. The topological polar surface area (TPSA) is 109 Å². The molecule has 0 saturated heterocycles. The zero-order valence-electron chi connectivity index (χ0n) is 20.3. The standard InChI is InChI=1S/C26H26N4O4S4/c31-21-7-3-1-5-17(21)25-29-19(15-37-25)23(35)27-9-11-33-13-14-34-12-10-28-24(36)20-16-38-26(30-20)18-6-2-4-8-22(18)32/h1-8,15-16,31-32H,9-14H2,(H,27,35)(H,28,36). The van der Waals surface area contributed by atoms with E-state index < -0.39 is 0 Å². The second-order valence-corrected chi connectivity index (χ2v) is 10.4. The van der Waals surface area contributed by atoms with Gasteiger partial charge >= 0.3 is 0 Å². The molecule has 0 radical (unpaired) electrons. The molecule has 4 aromatic rings. The summed E-state index contributed by atoms with van der Waals surface area (Å²) in [5.41, 5.74) is 2.72. The van der Waals surface area contributed by atoms with E-state index in [1.54, 1.807) is 24.3 Å². The fraction of sp³-hybridized carbons (Fsp3) is 0.231. The summed E-state index contributed by atoms with van der Waals surface area (Å²) in [7, 11) is 0. The molecule has 4 N–H and O–H groups in total. The van der Waals surface area contributed by atoms with Crippen LogP contribution in [0, 0.1) is 0 Å². The van der Waals surface area contributed by atoms with Gasteiger partial charge in [0.15, 0.2) is 0 Å². The van der Waals surface area contributed by atoms with Gasteiger partial charge in [0.1, 0.15) is 42.9 Å². The molecule has 0 atom stereocenters. The zero-order valence-corrected chi connectivity index (χ0v) is 23.5. The van der Waals surface area contributed by atoms with E-state index in [2.05, 4.69) is 20.6 Å². The Morgan fingerprint density at radius 2 is 1.11 bits per heavy atom.